The molecule has 2 aromatic carbocycles. The highest BCUT2D eigenvalue weighted by Crippen LogP contribution is 2.31. The zero-order valence-electron chi connectivity index (χ0n) is 16.8. The molecule has 0 aliphatic rings. The van der Waals surface area contributed by atoms with Crippen molar-refractivity contribution in [1.29, 1.82) is 0 Å². The highest BCUT2D eigenvalue weighted by molar-refractivity contribution is 7.21. The smallest absolute Gasteiger partial charge is 0.279 e. The Morgan fingerprint density at radius 1 is 1.23 bits per heavy atom. The lowest BCUT2D eigenvalue weighted by atomic mass is 10.2. The molecule has 0 spiro atoms. The number of nitrogens with zero attached hydrogens (tertiary/aromatic N) is 3. The predicted octanol–water partition coefficient (Wildman–Crippen LogP) is 4.77. The van der Waals surface area contributed by atoms with E-state index in [1.165, 1.54) is 18.4 Å². The number of nitrogens with one attached hydrogen (secondary N) is 1. The summed E-state index contributed by atoms with van der Waals surface area (Å²) in [5.74, 6) is 0.0594. The average Bonchev–Trinajstić information content (AvgIpc) is 3.22. The number of methoxy groups -OCH3 is 1. The van der Waals surface area contributed by atoms with Crippen LogP contribution < -0.4 is 15.6 Å². The molecule has 1 amide bonds. The van der Waals surface area contributed by atoms with Gasteiger partial charge in [0, 0.05) is 9.90 Å². The fourth-order valence-electron chi connectivity index (χ4n) is 3.27. The highest BCUT2D eigenvalue weighted by atomic mass is 35.5. The number of hydrogen-bond acceptors (Lipinski definition) is 6. The van der Waals surface area contributed by atoms with Gasteiger partial charge in [-0.25, -0.2) is 0 Å². The third-order valence-electron chi connectivity index (χ3n) is 4.85. The van der Waals surface area contributed by atoms with Crippen molar-refractivity contribution in [2.75, 3.05) is 12.4 Å². The van der Waals surface area contributed by atoms with Crippen LogP contribution in [0.2, 0.25) is 5.02 Å². The van der Waals surface area contributed by atoms with E-state index < -0.39 is 11.9 Å². The molecule has 31 heavy (non-hydrogen) atoms. The number of halogens is 1. The molecule has 0 saturated carbocycles. The second-order valence-electron chi connectivity index (χ2n) is 6.79. The third kappa shape index (κ3) is 4.17. The number of ether oxygens (including phenoxy) is 1. The molecule has 2 heterocycles. The molecule has 0 aliphatic carbocycles. The number of anilines is 1. The minimum absolute atomic E-state index is 0.352. The molecule has 0 saturated heterocycles. The summed E-state index contributed by atoms with van der Waals surface area (Å²) in [6, 6.07) is 15.6. The fraction of sp³-hybridized carbons (Fsp3) is 0.182. The third-order valence-corrected chi connectivity index (χ3v) is 6.15. The molecule has 1 atom stereocenters. The van der Waals surface area contributed by atoms with Crippen LogP contribution >= 0.6 is 22.9 Å². The van der Waals surface area contributed by atoms with Crippen molar-refractivity contribution in [1.82, 2.24) is 15.0 Å². The molecular formula is C22H19ClN4O3S. The molecule has 0 fully saturated rings. The number of carbonyl (C=O) groups excluding carboxylic acids is 1. The Bertz CT molecular complexity index is 1300. The molecule has 2 aromatic heterocycles. The molecule has 158 valence electrons. The normalized spacial score (nSPS) is 12.0. The van der Waals surface area contributed by atoms with E-state index in [0.717, 1.165) is 15.1 Å². The van der Waals surface area contributed by atoms with Crippen molar-refractivity contribution in [3.63, 3.8) is 0 Å². The molecule has 7 nitrogen and oxygen atoms in total. The summed E-state index contributed by atoms with van der Waals surface area (Å²) in [6.45, 7) is 1.81. The van der Waals surface area contributed by atoms with Gasteiger partial charge >= 0.3 is 0 Å². The highest BCUT2D eigenvalue weighted by Gasteiger charge is 2.24. The Balaban J connectivity index is 1.69. The van der Waals surface area contributed by atoms with Crippen LogP contribution in [0, 0.1) is 0 Å². The number of aromatic nitrogens is 3. The SMILES string of the molecule is CCC(C(=O)Nc1cc(Cl)ccc1OC)n1nnc2sc(-c3ccccc3)cc2c1=O. The summed E-state index contributed by atoms with van der Waals surface area (Å²) in [6.07, 6.45) is 0.352. The van der Waals surface area contributed by atoms with E-state index in [1.807, 2.05) is 30.3 Å². The monoisotopic (exact) mass is 454 g/mol. The maximum atomic E-state index is 13.1. The summed E-state index contributed by atoms with van der Waals surface area (Å²) < 4.78 is 6.41. The molecule has 0 aliphatic heterocycles. The number of rotatable bonds is 6. The van der Waals surface area contributed by atoms with E-state index in [4.69, 9.17) is 16.3 Å². The van der Waals surface area contributed by atoms with Crippen LogP contribution in [0.3, 0.4) is 0 Å². The number of hydrogen-bond donors (Lipinski definition) is 1. The Morgan fingerprint density at radius 3 is 2.71 bits per heavy atom. The zero-order valence-corrected chi connectivity index (χ0v) is 18.4. The van der Waals surface area contributed by atoms with E-state index >= 15 is 0 Å². The summed E-state index contributed by atoms with van der Waals surface area (Å²) in [4.78, 5) is 27.6. The summed E-state index contributed by atoms with van der Waals surface area (Å²) in [5.41, 5.74) is 1.06. The van der Waals surface area contributed by atoms with Gasteiger partial charge in [0.25, 0.3) is 5.56 Å². The number of carbonyl (C=O) groups is 1. The van der Waals surface area contributed by atoms with Gasteiger partial charge in [-0.05, 0) is 36.2 Å². The average molecular weight is 455 g/mol. The quantitative estimate of drug-likeness (QED) is 0.453. The van der Waals surface area contributed by atoms with E-state index in [-0.39, 0.29) is 5.56 Å². The standard InChI is InChI=1S/C22H19ClN4O3S/c1-3-17(20(28)24-16-11-14(23)9-10-18(16)30-2)27-22(29)15-12-19(31-21(15)25-26-27)13-7-5-4-6-8-13/h4-12,17H,3H2,1-2H3,(H,24,28). The van der Waals surface area contributed by atoms with Crippen molar-refractivity contribution in [3.05, 3.63) is 70.0 Å². The molecule has 1 unspecified atom stereocenters. The number of fused-ring (bicyclic) bond motifs is 1. The first-order valence-electron chi connectivity index (χ1n) is 9.60. The summed E-state index contributed by atoms with van der Waals surface area (Å²) in [5, 5.41) is 11.9. The molecule has 1 N–H and O–H groups in total. The van der Waals surface area contributed by atoms with Crippen LogP contribution in [0.4, 0.5) is 5.69 Å². The van der Waals surface area contributed by atoms with Crippen LogP contribution in [0.15, 0.2) is 59.4 Å². The topological polar surface area (TPSA) is 86.1 Å². The van der Waals surface area contributed by atoms with E-state index in [9.17, 15) is 9.59 Å². The van der Waals surface area contributed by atoms with E-state index in [0.29, 0.717) is 33.1 Å². The van der Waals surface area contributed by atoms with Gasteiger partial charge in [0.2, 0.25) is 5.91 Å². The molecule has 0 bridgehead atoms. The number of benzene rings is 2. The first-order chi connectivity index (χ1) is 15.0. The predicted molar refractivity (Wildman–Crippen MR) is 123 cm³/mol. The first-order valence-corrected chi connectivity index (χ1v) is 10.8. The van der Waals surface area contributed by atoms with Gasteiger partial charge in [-0.15, -0.1) is 16.4 Å². The Morgan fingerprint density at radius 2 is 2.00 bits per heavy atom. The van der Waals surface area contributed by atoms with Crippen molar-refractivity contribution in [2.24, 2.45) is 0 Å². The van der Waals surface area contributed by atoms with Crippen molar-refractivity contribution in [3.8, 4) is 16.2 Å². The van der Waals surface area contributed by atoms with Crippen LogP contribution in [0.25, 0.3) is 20.7 Å². The van der Waals surface area contributed by atoms with Gasteiger partial charge in [0.1, 0.15) is 11.8 Å². The molecule has 9 heteroatoms. The van der Waals surface area contributed by atoms with Crippen LogP contribution in [0.1, 0.15) is 19.4 Å². The largest absolute Gasteiger partial charge is 0.495 e. The summed E-state index contributed by atoms with van der Waals surface area (Å²) >= 11 is 7.44. The second kappa shape index (κ2) is 8.87. The van der Waals surface area contributed by atoms with Crippen molar-refractivity contribution < 1.29 is 9.53 Å². The zero-order chi connectivity index (χ0) is 22.0. The van der Waals surface area contributed by atoms with Crippen molar-refractivity contribution in [2.45, 2.75) is 19.4 Å². The molecule has 0 radical (unpaired) electrons. The number of thiophene rings is 1. The molecular weight excluding hydrogens is 436 g/mol. The first kappa shape index (κ1) is 21.0. The Kier molecular flexibility index (Phi) is 6.01. The Labute approximate surface area is 187 Å². The lowest BCUT2D eigenvalue weighted by Gasteiger charge is -2.17. The van der Waals surface area contributed by atoms with Gasteiger partial charge in [0.05, 0.1) is 18.2 Å². The second-order valence-corrected chi connectivity index (χ2v) is 8.26. The van der Waals surface area contributed by atoms with Crippen molar-refractivity contribution >= 4 is 44.7 Å². The van der Waals surface area contributed by atoms with Gasteiger partial charge in [-0.2, -0.15) is 4.68 Å². The van der Waals surface area contributed by atoms with E-state index in [1.54, 1.807) is 31.2 Å². The van der Waals surface area contributed by atoms with Crippen LogP contribution in [-0.4, -0.2) is 28.0 Å². The lowest BCUT2D eigenvalue weighted by molar-refractivity contribution is -0.119. The van der Waals surface area contributed by atoms with Crippen LogP contribution in [0.5, 0.6) is 5.75 Å². The molecule has 4 aromatic rings. The molecule has 4 rings (SSSR count). The van der Waals surface area contributed by atoms with Crippen LogP contribution in [-0.2, 0) is 4.79 Å². The minimum Gasteiger partial charge on any atom is -0.495 e. The van der Waals surface area contributed by atoms with Gasteiger partial charge in [0.15, 0.2) is 4.83 Å². The fourth-order valence-corrected chi connectivity index (χ4v) is 4.42. The van der Waals surface area contributed by atoms with Gasteiger partial charge in [-0.3, -0.25) is 9.59 Å². The maximum absolute atomic E-state index is 13.1. The number of amides is 1. The minimum atomic E-state index is -0.840. The van der Waals surface area contributed by atoms with E-state index in [2.05, 4.69) is 15.6 Å². The van der Waals surface area contributed by atoms with Gasteiger partial charge < -0.3 is 10.1 Å². The van der Waals surface area contributed by atoms with Gasteiger partial charge in [-0.1, -0.05) is 54.1 Å². The lowest BCUT2D eigenvalue weighted by Crippen LogP contribution is -2.35. The summed E-state index contributed by atoms with van der Waals surface area (Å²) in [7, 11) is 1.50. The Hall–Kier alpha value is -3.23. The maximum Gasteiger partial charge on any atom is 0.279 e.